The zero-order valence-corrected chi connectivity index (χ0v) is 53.8. The summed E-state index contributed by atoms with van der Waals surface area (Å²) in [6.07, 6.45) is 0. The zero-order chi connectivity index (χ0) is 61.7. The van der Waals surface area contributed by atoms with Crippen molar-refractivity contribution in [1.29, 1.82) is 0 Å². The lowest BCUT2D eigenvalue weighted by molar-refractivity contribution is 0.567. The Balaban J connectivity index is 1.10. The van der Waals surface area contributed by atoms with Gasteiger partial charge < -0.3 is 8.97 Å². The Bertz CT molecular complexity index is 5500. The molecule has 17 rings (SSSR count). The molecular formula is C88H74N2. The molecule has 0 bridgehead atoms. The summed E-state index contributed by atoms with van der Waals surface area (Å²) in [5.41, 5.74) is 34.7. The van der Waals surface area contributed by atoms with Crippen LogP contribution in [0.1, 0.15) is 105 Å². The minimum Gasteiger partial charge on any atom is -0.309 e. The average Bonchev–Trinajstić information content (AvgIpc) is 1.50. The molecular weight excluding hydrogens is 1080 g/mol. The molecule has 12 aromatic carbocycles. The van der Waals surface area contributed by atoms with Gasteiger partial charge in [0.25, 0.3) is 0 Å². The van der Waals surface area contributed by atoms with Crippen LogP contribution in [0, 0.1) is 0 Å². The van der Waals surface area contributed by atoms with Crippen LogP contribution in [0.2, 0.25) is 0 Å². The van der Waals surface area contributed by atoms with Gasteiger partial charge in [-0.1, -0.05) is 259 Å². The Morgan fingerprint density at radius 3 is 0.944 bits per heavy atom. The number of rotatable bonds is 2. The van der Waals surface area contributed by atoms with Crippen molar-refractivity contribution in [1.82, 2.24) is 8.97 Å². The maximum atomic E-state index is 2.68. The minimum absolute atomic E-state index is 0.0444. The third-order valence-corrected chi connectivity index (χ3v) is 20.4. The lowest BCUT2D eigenvalue weighted by Gasteiger charge is -2.27. The second-order valence-corrected chi connectivity index (χ2v) is 30.1. The van der Waals surface area contributed by atoms with Crippen molar-refractivity contribution in [3.63, 3.8) is 0 Å². The molecule has 0 fully saturated rings. The van der Waals surface area contributed by atoms with Crippen LogP contribution in [0.15, 0.2) is 231 Å². The predicted octanol–water partition coefficient (Wildman–Crippen LogP) is 24.8. The lowest BCUT2D eigenvalue weighted by Crippen LogP contribution is -2.17. The molecule has 436 valence electrons. The van der Waals surface area contributed by atoms with Crippen LogP contribution >= 0.6 is 0 Å². The van der Waals surface area contributed by atoms with Crippen LogP contribution in [0.25, 0.3) is 166 Å². The number of hydrogen-bond acceptors (Lipinski definition) is 0. The van der Waals surface area contributed by atoms with Crippen LogP contribution in [0.4, 0.5) is 0 Å². The Morgan fingerprint density at radius 1 is 0.222 bits per heavy atom. The van der Waals surface area contributed by atoms with Gasteiger partial charge in [-0.2, -0.15) is 0 Å². The molecule has 3 heterocycles. The summed E-state index contributed by atoms with van der Waals surface area (Å²) in [6, 6.07) is 89.7. The molecule has 3 aromatic heterocycles. The van der Waals surface area contributed by atoms with Crippen molar-refractivity contribution in [3.05, 3.63) is 253 Å². The second-order valence-electron chi connectivity index (χ2n) is 30.1. The second kappa shape index (κ2) is 18.9. The Labute approximate surface area is 529 Å². The largest absolute Gasteiger partial charge is 0.309 e. The van der Waals surface area contributed by atoms with E-state index in [0.717, 1.165) is 0 Å². The molecule has 0 saturated heterocycles. The van der Waals surface area contributed by atoms with E-state index >= 15 is 0 Å². The maximum absolute atomic E-state index is 2.68. The fraction of sp³-hybridized carbons (Fsp3) is 0.182. The first-order chi connectivity index (χ1) is 43.2. The van der Waals surface area contributed by atoms with Gasteiger partial charge in [-0.25, -0.2) is 0 Å². The number of hydrogen-bond donors (Lipinski definition) is 0. The van der Waals surface area contributed by atoms with Gasteiger partial charge in [-0.15, -0.1) is 0 Å². The highest BCUT2D eigenvalue weighted by atomic mass is 15.0. The highest BCUT2D eigenvalue weighted by Gasteiger charge is 2.32. The van der Waals surface area contributed by atoms with E-state index in [2.05, 4.69) is 323 Å². The summed E-state index contributed by atoms with van der Waals surface area (Å²) in [6.45, 7) is 28.3. The smallest absolute Gasteiger partial charge is 0.0628 e. The van der Waals surface area contributed by atoms with Crippen molar-refractivity contribution >= 4 is 59.9 Å². The normalized spacial score (nSPS) is 13.1. The van der Waals surface area contributed by atoms with E-state index in [9.17, 15) is 0 Å². The van der Waals surface area contributed by atoms with Gasteiger partial charge in [0.1, 0.15) is 0 Å². The van der Waals surface area contributed by atoms with E-state index in [0.29, 0.717) is 0 Å². The van der Waals surface area contributed by atoms with E-state index in [4.69, 9.17) is 0 Å². The topological polar surface area (TPSA) is 9.34 Å². The van der Waals surface area contributed by atoms with Crippen LogP contribution in [-0.4, -0.2) is 8.97 Å². The Morgan fingerprint density at radius 2 is 0.556 bits per heavy atom. The van der Waals surface area contributed by atoms with Crippen LogP contribution in [0.5, 0.6) is 0 Å². The fourth-order valence-corrected chi connectivity index (χ4v) is 15.5. The summed E-state index contributed by atoms with van der Waals surface area (Å²) < 4.78 is 5.33. The summed E-state index contributed by atoms with van der Waals surface area (Å²) in [7, 11) is 0. The molecule has 90 heavy (non-hydrogen) atoms. The van der Waals surface area contributed by atoms with Gasteiger partial charge in [0, 0.05) is 38.0 Å². The van der Waals surface area contributed by atoms with Gasteiger partial charge in [0.2, 0.25) is 0 Å². The zero-order valence-electron chi connectivity index (χ0n) is 53.8. The summed E-state index contributed by atoms with van der Waals surface area (Å²) >= 11 is 0. The summed E-state index contributed by atoms with van der Waals surface area (Å²) in [4.78, 5) is 0. The first-order valence-electron chi connectivity index (χ1n) is 32.4. The first-order valence-corrected chi connectivity index (χ1v) is 32.4. The van der Waals surface area contributed by atoms with E-state index < -0.39 is 0 Å². The first kappa shape index (κ1) is 54.4. The molecule has 0 atom stereocenters. The van der Waals surface area contributed by atoms with E-state index in [1.165, 1.54) is 188 Å². The van der Waals surface area contributed by atoms with Gasteiger partial charge in [-0.3, -0.25) is 0 Å². The molecule has 15 aromatic rings. The van der Waals surface area contributed by atoms with Crippen molar-refractivity contribution < 1.29 is 0 Å². The number of benzene rings is 12. The van der Waals surface area contributed by atoms with Gasteiger partial charge >= 0.3 is 0 Å². The Hall–Kier alpha value is -9.76. The summed E-state index contributed by atoms with van der Waals surface area (Å²) in [5, 5.41) is 7.56. The van der Waals surface area contributed by atoms with Gasteiger partial charge in [0.15, 0.2) is 0 Å². The summed E-state index contributed by atoms with van der Waals surface area (Å²) in [5.74, 6) is 0. The number of fused-ring (bicyclic) bond motifs is 26. The SMILES string of the molecule is CC(C)(C)c1cc(-c2ccc3c(c2)c2c4c5cc6c(cc5n(-c5cc(C(C)(C)C)cc(C(C)(C)C)c5)c4cc4c5cc7c(cc5n3c42)-c2ccccc2-c2ccccc2-c2ccccc2-7)-c2ccccc2-c2ccccc2-c2ccccc2-6)cc(C(C)(C)C)c1. The molecule has 0 spiro atoms. The highest BCUT2D eigenvalue weighted by molar-refractivity contribution is 6.37. The standard InChI is InChI=1S/C88H74N2/c1-85(2,3)53-39-52(40-54(42-53)86(4,5)6)51-37-38-78-76(41-51)83-82-77-47-71-67-34-22-18-30-63(67)59-26-14-16-28-61(59)65-32-20-24-36-69(65)73(71)49-80(77)89(57-44-55(87(7,8)9)43-56(45-57)88(10,11)12)81(82)50-75-74-46-70-66-33-21-17-29-62(66)58-25-13-15-27-60(58)64-31-19-23-35-68(64)72(70)48-79(74)90(78)84(75)83/h13-50H,1-12H3. The van der Waals surface area contributed by atoms with Crippen molar-refractivity contribution in [2.75, 3.05) is 0 Å². The molecule has 2 nitrogen and oxygen atoms in total. The van der Waals surface area contributed by atoms with Crippen LogP contribution in [0.3, 0.4) is 0 Å². The van der Waals surface area contributed by atoms with Gasteiger partial charge in [-0.05, 0) is 199 Å². The monoisotopic (exact) mass is 1160 g/mol. The van der Waals surface area contributed by atoms with Gasteiger partial charge in [0.05, 0.1) is 27.6 Å². The molecule has 0 N–H and O–H groups in total. The van der Waals surface area contributed by atoms with Crippen molar-refractivity contribution in [2.24, 2.45) is 0 Å². The van der Waals surface area contributed by atoms with E-state index in [1.807, 2.05) is 0 Å². The minimum atomic E-state index is -0.118. The molecule has 0 unspecified atom stereocenters. The quantitative estimate of drug-likeness (QED) is 0.163. The number of aromatic nitrogens is 2. The highest BCUT2D eigenvalue weighted by Crippen LogP contribution is 2.56. The predicted molar refractivity (Wildman–Crippen MR) is 386 cm³/mol. The maximum Gasteiger partial charge on any atom is 0.0628 e. The molecule has 0 aliphatic heterocycles. The van der Waals surface area contributed by atoms with Crippen LogP contribution < -0.4 is 0 Å². The third-order valence-electron chi connectivity index (χ3n) is 20.4. The third kappa shape index (κ3) is 8.02. The molecule has 0 radical (unpaired) electrons. The van der Waals surface area contributed by atoms with Crippen LogP contribution in [-0.2, 0) is 21.7 Å². The average molecular weight is 1160 g/mol. The van der Waals surface area contributed by atoms with E-state index in [-0.39, 0.29) is 21.7 Å². The molecule has 2 aliphatic rings. The fourth-order valence-electron chi connectivity index (χ4n) is 15.5. The number of nitrogens with zero attached hydrogens (tertiary/aromatic N) is 2. The molecule has 0 saturated carbocycles. The molecule has 0 amide bonds. The molecule has 2 heteroatoms. The Kier molecular flexibility index (Phi) is 11.4. The van der Waals surface area contributed by atoms with Crippen molar-refractivity contribution in [3.8, 4) is 106 Å². The van der Waals surface area contributed by atoms with Crippen molar-refractivity contribution in [2.45, 2.75) is 105 Å². The lowest BCUT2D eigenvalue weighted by atomic mass is 9.79. The van der Waals surface area contributed by atoms with E-state index in [1.54, 1.807) is 0 Å². The molecule has 2 aliphatic carbocycles.